The second-order valence-electron chi connectivity index (χ2n) is 8.59. The van der Waals surface area contributed by atoms with Crippen molar-refractivity contribution in [3.63, 3.8) is 0 Å². The molecular weight excluding hydrogens is 318 g/mol. The van der Waals surface area contributed by atoms with E-state index in [9.17, 15) is 4.79 Å². The van der Waals surface area contributed by atoms with Crippen molar-refractivity contribution in [2.45, 2.75) is 78.0 Å². The zero-order valence-corrected chi connectivity index (χ0v) is 15.9. The average Bonchev–Trinajstić information content (AvgIpc) is 2.97. The van der Waals surface area contributed by atoms with Gasteiger partial charge in [0.05, 0.1) is 12.2 Å². The van der Waals surface area contributed by atoms with Crippen LogP contribution >= 0.6 is 0 Å². The van der Waals surface area contributed by atoms with Crippen LogP contribution in [0.4, 0.5) is 4.79 Å². The third kappa shape index (κ3) is 4.54. The molecule has 0 aromatic carbocycles. The topological polar surface area (TPSA) is 67.6 Å². The number of carbonyl (C=O) groups is 1. The van der Waals surface area contributed by atoms with Crippen LogP contribution in [0.25, 0.3) is 0 Å². The summed E-state index contributed by atoms with van der Waals surface area (Å²) in [7, 11) is 0. The molecule has 3 rings (SSSR count). The number of hydrogen-bond donors (Lipinski definition) is 1. The molecule has 1 saturated carbocycles. The predicted octanol–water partition coefficient (Wildman–Crippen LogP) is 3.51. The average molecular weight is 349 g/mol. The molecule has 2 aliphatic rings. The quantitative estimate of drug-likeness (QED) is 0.901. The lowest BCUT2D eigenvalue weighted by Gasteiger charge is -2.52. The number of nitrogens with one attached hydrogen (secondary N) is 1. The summed E-state index contributed by atoms with van der Waals surface area (Å²) in [6, 6.07) is 2.57. The molecule has 1 aromatic heterocycles. The van der Waals surface area contributed by atoms with E-state index in [2.05, 4.69) is 17.4 Å². The largest absolute Gasteiger partial charge is 0.444 e. The molecule has 1 spiro atoms. The molecule has 1 aliphatic heterocycles. The van der Waals surface area contributed by atoms with Gasteiger partial charge < -0.3 is 19.5 Å². The highest BCUT2D eigenvalue weighted by Crippen LogP contribution is 2.49. The van der Waals surface area contributed by atoms with Gasteiger partial charge in [-0.15, -0.1) is 0 Å². The van der Waals surface area contributed by atoms with E-state index in [-0.39, 0.29) is 6.09 Å². The molecule has 0 radical (unpaired) electrons. The Morgan fingerprint density at radius 2 is 2.08 bits per heavy atom. The summed E-state index contributed by atoms with van der Waals surface area (Å²) >= 11 is 0. The van der Waals surface area contributed by atoms with Crippen LogP contribution in [0.15, 0.2) is 10.6 Å². The first-order valence-corrected chi connectivity index (χ1v) is 9.44. The number of ether oxygens (including phenoxy) is 1. The molecule has 1 aliphatic carbocycles. The van der Waals surface area contributed by atoms with E-state index in [1.54, 1.807) is 0 Å². The Balaban J connectivity index is 1.38. The highest BCUT2D eigenvalue weighted by molar-refractivity contribution is 5.68. The van der Waals surface area contributed by atoms with Crippen molar-refractivity contribution < 1.29 is 14.1 Å². The number of nitrogens with zero attached hydrogens (tertiary/aromatic N) is 2. The van der Waals surface area contributed by atoms with Crippen molar-refractivity contribution in [3.8, 4) is 0 Å². The van der Waals surface area contributed by atoms with Crippen LogP contribution in [0.1, 0.15) is 64.8 Å². The fourth-order valence-corrected chi connectivity index (χ4v) is 3.88. The van der Waals surface area contributed by atoms with Crippen LogP contribution in [0.5, 0.6) is 0 Å². The molecular formula is C19H31N3O3. The summed E-state index contributed by atoms with van der Waals surface area (Å²) in [5.74, 6) is 0.914. The third-order valence-electron chi connectivity index (χ3n) is 5.37. The Kier molecular flexibility index (Phi) is 5.09. The molecule has 0 atom stereocenters. The molecule has 1 amide bonds. The van der Waals surface area contributed by atoms with Gasteiger partial charge in [0.25, 0.3) is 0 Å². The number of aromatic nitrogens is 1. The Bertz CT molecular complexity index is 589. The fourth-order valence-electron chi connectivity index (χ4n) is 3.88. The minimum Gasteiger partial charge on any atom is -0.444 e. The lowest BCUT2D eigenvalue weighted by atomic mass is 9.60. The normalized spacial score (nSPS) is 20.6. The monoisotopic (exact) mass is 349 g/mol. The molecule has 6 heteroatoms. The SMILES string of the molecule is CCc1cc(CNC2CC3(CCN(C(=O)OC(C)(C)C)CC3)C2)on1. The van der Waals surface area contributed by atoms with Crippen molar-refractivity contribution in [1.82, 2.24) is 15.4 Å². The van der Waals surface area contributed by atoms with Crippen LogP contribution < -0.4 is 5.32 Å². The van der Waals surface area contributed by atoms with E-state index >= 15 is 0 Å². The Morgan fingerprint density at radius 1 is 1.40 bits per heavy atom. The summed E-state index contributed by atoms with van der Waals surface area (Å²) in [6.45, 7) is 10.2. The Morgan fingerprint density at radius 3 is 2.64 bits per heavy atom. The molecule has 1 aromatic rings. The number of piperidine rings is 1. The van der Waals surface area contributed by atoms with E-state index in [1.165, 1.54) is 12.8 Å². The van der Waals surface area contributed by atoms with Crippen molar-refractivity contribution in [1.29, 1.82) is 0 Å². The first-order valence-electron chi connectivity index (χ1n) is 9.44. The van der Waals surface area contributed by atoms with Crippen molar-refractivity contribution in [3.05, 3.63) is 17.5 Å². The van der Waals surface area contributed by atoms with Gasteiger partial charge in [0.1, 0.15) is 5.60 Å². The molecule has 6 nitrogen and oxygen atoms in total. The van der Waals surface area contributed by atoms with E-state index in [4.69, 9.17) is 9.26 Å². The summed E-state index contributed by atoms with van der Waals surface area (Å²) in [5, 5.41) is 7.60. The number of likely N-dealkylation sites (tertiary alicyclic amines) is 1. The number of hydrogen-bond acceptors (Lipinski definition) is 5. The van der Waals surface area contributed by atoms with Gasteiger partial charge in [-0.1, -0.05) is 12.1 Å². The van der Waals surface area contributed by atoms with Crippen molar-refractivity contribution in [2.24, 2.45) is 5.41 Å². The van der Waals surface area contributed by atoms with Crippen molar-refractivity contribution in [2.75, 3.05) is 13.1 Å². The molecule has 0 unspecified atom stereocenters. The smallest absolute Gasteiger partial charge is 0.410 e. The van der Waals surface area contributed by atoms with Crippen LogP contribution in [-0.2, 0) is 17.7 Å². The minimum absolute atomic E-state index is 0.173. The van der Waals surface area contributed by atoms with Gasteiger partial charge in [0, 0.05) is 25.2 Å². The van der Waals surface area contributed by atoms with E-state index in [0.29, 0.717) is 11.5 Å². The second kappa shape index (κ2) is 6.98. The molecule has 1 saturated heterocycles. The van der Waals surface area contributed by atoms with E-state index in [1.807, 2.05) is 31.7 Å². The van der Waals surface area contributed by atoms with Crippen LogP contribution in [0, 0.1) is 5.41 Å². The molecule has 1 N–H and O–H groups in total. The summed E-state index contributed by atoms with van der Waals surface area (Å²) in [6.07, 6.45) is 5.26. The van der Waals surface area contributed by atoms with Gasteiger partial charge in [-0.3, -0.25) is 0 Å². The molecule has 2 heterocycles. The highest BCUT2D eigenvalue weighted by atomic mass is 16.6. The van der Waals surface area contributed by atoms with Gasteiger partial charge in [0.15, 0.2) is 5.76 Å². The maximum Gasteiger partial charge on any atom is 0.410 e. The molecule has 140 valence electrons. The minimum atomic E-state index is -0.421. The standard InChI is InChI=1S/C19H31N3O3/c1-5-14-10-16(25-21-14)13-20-15-11-19(12-15)6-8-22(9-7-19)17(23)24-18(2,3)4/h10,15,20H,5-9,11-13H2,1-4H3. The predicted molar refractivity (Wildman–Crippen MR) is 95.2 cm³/mol. The number of carbonyl (C=O) groups excluding carboxylic acids is 1. The third-order valence-corrected chi connectivity index (χ3v) is 5.37. The van der Waals surface area contributed by atoms with Crippen molar-refractivity contribution >= 4 is 6.09 Å². The summed E-state index contributed by atoms with van der Waals surface area (Å²) in [5.41, 5.74) is 0.999. The maximum absolute atomic E-state index is 12.2. The molecule has 2 fully saturated rings. The van der Waals surface area contributed by atoms with Crippen LogP contribution in [0.2, 0.25) is 0 Å². The summed E-state index contributed by atoms with van der Waals surface area (Å²) in [4.78, 5) is 14.0. The van der Waals surface area contributed by atoms with Crippen LogP contribution in [0.3, 0.4) is 0 Å². The number of rotatable bonds is 4. The van der Waals surface area contributed by atoms with Gasteiger partial charge >= 0.3 is 6.09 Å². The van der Waals surface area contributed by atoms with E-state index < -0.39 is 5.60 Å². The maximum atomic E-state index is 12.2. The lowest BCUT2D eigenvalue weighted by Crippen LogP contribution is -2.54. The zero-order chi connectivity index (χ0) is 18.1. The number of aryl methyl sites for hydroxylation is 1. The van der Waals surface area contributed by atoms with Crippen LogP contribution in [-0.4, -0.2) is 40.9 Å². The van der Waals surface area contributed by atoms with E-state index in [0.717, 1.165) is 50.4 Å². The van der Waals surface area contributed by atoms with Gasteiger partial charge in [0.2, 0.25) is 0 Å². The first kappa shape index (κ1) is 18.2. The Hall–Kier alpha value is -1.56. The van der Waals surface area contributed by atoms with Gasteiger partial charge in [-0.05, 0) is 58.3 Å². The second-order valence-corrected chi connectivity index (χ2v) is 8.59. The van der Waals surface area contributed by atoms with Gasteiger partial charge in [-0.2, -0.15) is 0 Å². The highest BCUT2D eigenvalue weighted by Gasteiger charge is 2.46. The fraction of sp³-hybridized carbons (Fsp3) is 0.789. The zero-order valence-electron chi connectivity index (χ0n) is 15.9. The molecule has 0 bridgehead atoms. The number of amides is 1. The summed E-state index contributed by atoms with van der Waals surface area (Å²) < 4.78 is 10.8. The lowest BCUT2D eigenvalue weighted by molar-refractivity contribution is -0.0167. The molecule has 25 heavy (non-hydrogen) atoms. The Labute approximate surface area is 150 Å². The first-order chi connectivity index (χ1) is 11.8. The van der Waals surface area contributed by atoms with Gasteiger partial charge in [-0.25, -0.2) is 4.79 Å².